The quantitative estimate of drug-likeness (QED) is 0.0195. The first-order valence-electron chi connectivity index (χ1n) is 45.2. The molecule has 0 bridgehead atoms. The van der Waals surface area contributed by atoms with E-state index in [0.717, 1.165) is 96.3 Å². The zero-order chi connectivity index (χ0) is 76.8. The Morgan fingerprint density at radius 2 is 0.538 bits per heavy atom. The number of carbonyl (C=O) groups excluding carboxylic acids is 2. The van der Waals surface area contributed by atoms with Gasteiger partial charge in [0.25, 0.3) is 7.82 Å². The van der Waals surface area contributed by atoms with Crippen LogP contribution in [0.2, 0.25) is 0 Å². The largest absolute Gasteiger partial charge is 0.756 e. The average molecular weight is 1500 g/mol. The zero-order valence-electron chi connectivity index (χ0n) is 70.4. The highest BCUT2D eigenvalue weighted by molar-refractivity contribution is 7.45. The molecule has 0 fully saturated rings. The molecule has 0 radical (unpaired) electrons. The van der Waals surface area contributed by atoms with Crippen LogP contribution in [0.3, 0.4) is 0 Å². The van der Waals surface area contributed by atoms with E-state index < -0.39 is 26.5 Å². The molecule has 2 unspecified atom stereocenters. The summed E-state index contributed by atoms with van der Waals surface area (Å²) in [6.07, 6.45) is 124. The van der Waals surface area contributed by atoms with Crippen molar-refractivity contribution < 1.29 is 42.1 Å². The van der Waals surface area contributed by atoms with Crippen LogP contribution in [-0.4, -0.2) is 70.0 Å². The summed E-state index contributed by atoms with van der Waals surface area (Å²) in [5.74, 6) is -0.814. The van der Waals surface area contributed by atoms with Gasteiger partial charge in [0.2, 0.25) is 0 Å². The van der Waals surface area contributed by atoms with Crippen molar-refractivity contribution in [3.05, 3.63) is 122 Å². The van der Waals surface area contributed by atoms with Gasteiger partial charge >= 0.3 is 11.9 Å². The molecule has 0 rings (SSSR count). The van der Waals surface area contributed by atoms with Gasteiger partial charge in [0, 0.05) is 12.8 Å². The molecule has 0 aromatic heterocycles. The molecule has 0 aliphatic carbocycles. The lowest BCUT2D eigenvalue weighted by Crippen LogP contribution is -2.37. The summed E-state index contributed by atoms with van der Waals surface area (Å²) in [5, 5.41) is 0. The topological polar surface area (TPSA) is 111 Å². The van der Waals surface area contributed by atoms with Gasteiger partial charge in [-0.2, -0.15) is 0 Å². The van der Waals surface area contributed by atoms with Crippen LogP contribution in [-0.2, 0) is 32.7 Å². The van der Waals surface area contributed by atoms with E-state index >= 15 is 0 Å². The SMILES string of the molecule is CC/C=C\C/C=C\C/C=C\C/C=C\C/C=C\C/C=C\C/C=C\CCCCCCCCCCCCCCCCCCCCCC(=O)OC(COC(=O)CCCCCCCCCCCCCCCCCCCCCCCCCCCC/C=C\C/C=C\C/C=C\CCCCCCC)COP(=O)([O-])OCC[N+](C)(C)C. The van der Waals surface area contributed by atoms with E-state index in [4.69, 9.17) is 18.5 Å². The minimum Gasteiger partial charge on any atom is -0.756 e. The first-order chi connectivity index (χ1) is 52.0. The second-order valence-corrected chi connectivity index (χ2v) is 33.0. The van der Waals surface area contributed by atoms with Crippen molar-refractivity contribution in [1.82, 2.24) is 0 Å². The van der Waals surface area contributed by atoms with Gasteiger partial charge in [-0.1, -0.05) is 424 Å². The summed E-state index contributed by atoms with van der Waals surface area (Å²) in [7, 11) is 1.18. The highest BCUT2D eigenvalue weighted by atomic mass is 31.2. The van der Waals surface area contributed by atoms with Crippen molar-refractivity contribution in [3.8, 4) is 0 Å². The van der Waals surface area contributed by atoms with E-state index in [2.05, 4.69) is 135 Å². The number of likely N-dealkylation sites (N-methyl/N-ethyl adjacent to an activating group) is 1. The molecule has 106 heavy (non-hydrogen) atoms. The average Bonchev–Trinajstić information content (AvgIpc) is 0.908. The zero-order valence-corrected chi connectivity index (χ0v) is 71.3. The highest BCUT2D eigenvalue weighted by Gasteiger charge is 2.22. The molecule has 0 saturated carbocycles. The van der Waals surface area contributed by atoms with Crippen molar-refractivity contribution in [2.45, 2.75) is 431 Å². The first-order valence-corrected chi connectivity index (χ1v) is 46.7. The molecule has 0 heterocycles. The number of hydrogen-bond donors (Lipinski definition) is 0. The monoisotopic (exact) mass is 1500 g/mol. The number of phosphoric acid groups is 1. The van der Waals surface area contributed by atoms with Gasteiger partial charge in [0.05, 0.1) is 27.7 Å². The van der Waals surface area contributed by atoms with Gasteiger partial charge in [-0.25, -0.2) is 0 Å². The molecule has 9 nitrogen and oxygen atoms in total. The number of nitrogens with zero attached hydrogens (tertiary/aromatic N) is 1. The van der Waals surface area contributed by atoms with Crippen LogP contribution in [0.5, 0.6) is 0 Å². The number of rotatable bonds is 84. The summed E-state index contributed by atoms with van der Waals surface area (Å²) in [6, 6.07) is 0. The summed E-state index contributed by atoms with van der Waals surface area (Å²) in [4.78, 5) is 38.3. The molecule has 0 aromatic rings. The molecule has 614 valence electrons. The lowest BCUT2D eigenvalue weighted by molar-refractivity contribution is -0.870. The maximum atomic E-state index is 12.9. The minimum atomic E-state index is -4.65. The molecule has 0 amide bonds. The lowest BCUT2D eigenvalue weighted by Gasteiger charge is -2.28. The molecule has 0 N–H and O–H groups in total. The van der Waals surface area contributed by atoms with Gasteiger partial charge in [0.1, 0.15) is 19.8 Å². The molecule has 0 aromatic carbocycles. The van der Waals surface area contributed by atoms with Crippen molar-refractivity contribution in [2.75, 3.05) is 47.5 Å². The fourth-order valence-corrected chi connectivity index (χ4v) is 13.9. The van der Waals surface area contributed by atoms with Crippen LogP contribution >= 0.6 is 7.82 Å². The van der Waals surface area contributed by atoms with Crippen molar-refractivity contribution >= 4 is 19.8 Å². The number of phosphoric ester groups is 1. The van der Waals surface area contributed by atoms with E-state index in [1.807, 2.05) is 21.1 Å². The predicted molar refractivity (Wildman–Crippen MR) is 461 cm³/mol. The Hall–Kier alpha value is -3.59. The Bertz CT molecular complexity index is 2210. The Labute approximate surface area is 658 Å². The maximum absolute atomic E-state index is 12.9. The van der Waals surface area contributed by atoms with E-state index in [-0.39, 0.29) is 32.0 Å². The number of allylic oxidation sites excluding steroid dienone is 20. The van der Waals surface area contributed by atoms with Crippen molar-refractivity contribution in [2.24, 2.45) is 0 Å². The van der Waals surface area contributed by atoms with Gasteiger partial charge < -0.3 is 27.9 Å². The molecular formula is C96H172NO8P. The van der Waals surface area contributed by atoms with Crippen LogP contribution < -0.4 is 4.89 Å². The van der Waals surface area contributed by atoms with Crippen LogP contribution in [0, 0.1) is 0 Å². The normalized spacial score (nSPS) is 13.5. The predicted octanol–water partition coefficient (Wildman–Crippen LogP) is 30.2. The molecule has 0 spiro atoms. The van der Waals surface area contributed by atoms with Gasteiger partial charge in [0.15, 0.2) is 6.10 Å². The highest BCUT2D eigenvalue weighted by Crippen LogP contribution is 2.38. The fourth-order valence-electron chi connectivity index (χ4n) is 13.1. The third-order valence-corrected chi connectivity index (χ3v) is 20.9. The lowest BCUT2D eigenvalue weighted by atomic mass is 10.0. The Morgan fingerprint density at radius 1 is 0.302 bits per heavy atom. The third-order valence-electron chi connectivity index (χ3n) is 20.0. The number of quaternary nitrogens is 1. The number of unbranched alkanes of at least 4 members (excludes halogenated alkanes) is 50. The number of carbonyl (C=O) groups is 2. The second kappa shape index (κ2) is 85.4. The maximum Gasteiger partial charge on any atom is 0.306 e. The van der Waals surface area contributed by atoms with E-state index in [0.29, 0.717) is 17.4 Å². The smallest absolute Gasteiger partial charge is 0.306 e. The van der Waals surface area contributed by atoms with Gasteiger partial charge in [-0.15, -0.1) is 0 Å². The number of esters is 2. The molecule has 0 aliphatic rings. The van der Waals surface area contributed by atoms with Crippen LogP contribution in [0.4, 0.5) is 0 Å². The van der Waals surface area contributed by atoms with Gasteiger partial charge in [-0.05, 0) is 109 Å². The Balaban J connectivity index is 3.88. The molecule has 0 saturated heterocycles. The molecular weight excluding hydrogens is 1330 g/mol. The van der Waals surface area contributed by atoms with Crippen molar-refractivity contribution in [1.29, 1.82) is 0 Å². The standard InChI is InChI=1S/C96H172NO8P/c1-6-8-10-12-14-16-18-20-22-24-26-28-30-32-34-36-38-40-42-44-46-48-50-52-54-56-58-60-62-64-66-68-70-72-74-76-78-80-82-84-86-88-95(98)102-92-94(93-104-106(100,101)103-91-90-97(3,4)5)105-96(99)89-87-85-83-81-79-77-75-73-71-69-67-65-63-61-59-57-55-53-51-49-47-45-43-41-39-37-35-33-31-29-27-25-23-21-19-17-15-13-11-9-7-2/h9,11,15,17-18,20-21,23-24,26-27,29-30,32-33,35,39,41,45,47,94H,6-8,10,12-14,16,19,22,25,28,31,34,36-38,40,42-44,46,48-93H2,1-5H3/b11-9-,17-15-,20-18-,23-21-,26-24-,29-27-,32-30-,35-33-,41-39-,47-45-. The molecule has 10 heteroatoms. The van der Waals surface area contributed by atoms with Crippen molar-refractivity contribution in [3.63, 3.8) is 0 Å². The molecule has 0 aliphatic heterocycles. The van der Waals surface area contributed by atoms with Crippen LogP contribution in [0.15, 0.2) is 122 Å². The second-order valence-electron chi connectivity index (χ2n) is 31.6. The van der Waals surface area contributed by atoms with E-state index in [1.54, 1.807) is 0 Å². The summed E-state index contributed by atoms with van der Waals surface area (Å²) in [5.41, 5.74) is 0. The first kappa shape index (κ1) is 102. The Morgan fingerprint density at radius 3 is 0.802 bits per heavy atom. The minimum absolute atomic E-state index is 0.0310. The third kappa shape index (κ3) is 89.3. The molecule has 2 atom stereocenters. The summed E-state index contributed by atoms with van der Waals surface area (Å²) < 4.78 is 34.5. The fraction of sp³-hybridized carbons (Fsp3) is 0.771. The number of hydrogen-bond acceptors (Lipinski definition) is 8. The van der Waals surface area contributed by atoms with Crippen LogP contribution in [0.1, 0.15) is 425 Å². The number of ether oxygens (including phenoxy) is 2. The summed E-state index contributed by atoms with van der Waals surface area (Å²) in [6.45, 7) is 4.17. The van der Waals surface area contributed by atoms with Crippen LogP contribution in [0.25, 0.3) is 0 Å². The van der Waals surface area contributed by atoms with E-state index in [9.17, 15) is 19.0 Å². The Kier molecular flexibility index (Phi) is 82.5. The van der Waals surface area contributed by atoms with Gasteiger partial charge in [-0.3, -0.25) is 14.2 Å². The summed E-state index contributed by atoms with van der Waals surface area (Å²) >= 11 is 0. The van der Waals surface area contributed by atoms with E-state index in [1.165, 1.54) is 295 Å².